The minimum absolute atomic E-state index is 0.00845. The number of halogens is 1. The van der Waals surface area contributed by atoms with Gasteiger partial charge in [0.1, 0.15) is 5.75 Å². The molecule has 9 heteroatoms. The molecule has 0 unspecified atom stereocenters. The Morgan fingerprint density at radius 2 is 2.05 bits per heavy atom. The Balaban J connectivity index is 2.85. The molecule has 0 saturated heterocycles. The van der Waals surface area contributed by atoms with Gasteiger partial charge in [-0.25, -0.2) is 17.9 Å². The summed E-state index contributed by atoms with van der Waals surface area (Å²) in [5, 5.41) is 0.0752. The zero-order valence-electron chi connectivity index (χ0n) is 12.5. The fourth-order valence-corrected chi connectivity index (χ4v) is 3.13. The van der Waals surface area contributed by atoms with Gasteiger partial charge in [-0.05, 0) is 25.1 Å². The maximum absolute atomic E-state index is 12.2. The van der Waals surface area contributed by atoms with Gasteiger partial charge in [-0.3, -0.25) is 0 Å². The standard InChI is InChI=1S/C13H18ClNO6S/c1-9(7-19-2)15-22(17,18)10-4-5-12(11(14)6-10)21-8-13(16)20-3/h4-6,9,15H,7-8H2,1-3H3/t9-/m1/s1. The molecule has 1 rings (SSSR count). The van der Waals surface area contributed by atoms with Gasteiger partial charge in [-0.2, -0.15) is 0 Å². The van der Waals surface area contributed by atoms with Crippen molar-refractivity contribution in [2.75, 3.05) is 27.4 Å². The van der Waals surface area contributed by atoms with E-state index < -0.39 is 16.0 Å². The van der Waals surface area contributed by atoms with Crippen molar-refractivity contribution >= 4 is 27.6 Å². The molecular formula is C13H18ClNO6S. The van der Waals surface area contributed by atoms with Gasteiger partial charge in [0.2, 0.25) is 10.0 Å². The Morgan fingerprint density at radius 3 is 2.59 bits per heavy atom. The molecular weight excluding hydrogens is 334 g/mol. The van der Waals surface area contributed by atoms with Crippen LogP contribution in [0.2, 0.25) is 5.02 Å². The largest absolute Gasteiger partial charge is 0.480 e. The second kappa shape index (κ2) is 8.33. The average molecular weight is 352 g/mol. The second-order valence-electron chi connectivity index (χ2n) is 4.43. The minimum atomic E-state index is -3.72. The third-order valence-electron chi connectivity index (χ3n) is 2.56. The Morgan fingerprint density at radius 1 is 1.36 bits per heavy atom. The first-order valence-electron chi connectivity index (χ1n) is 6.30. The molecule has 22 heavy (non-hydrogen) atoms. The Bertz CT molecular complexity index is 619. The minimum Gasteiger partial charge on any atom is -0.480 e. The highest BCUT2D eigenvalue weighted by atomic mass is 35.5. The van der Waals surface area contributed by atoms with Crippen LogP contribution < -0.4 is 9.46 Å². The Labute approximate surface area is 134 Å². The van der Waals surface area contributed by atoms with E-state index in [9.17, 15) is 13.2 Å². The van der Waals surface area contributed by atoms with Crippen LogP contribution in [0.5, 0.6) is 5.75 Å². The molecule has 0 amide bonds. The van der Waals surface area contributed by atoms with Crippen molar-refractivity contribution in [3.8, 4) is 5.75 Å². The first kappa shape index (κ1) is 18.7. The van der Waals surface area contributed by atoms with Crippen molar-refractivity contribution in [3.63, 3.8) is 0 Å². The van der Waals surface area contributed by atoms with Crippen LogP contribution in [0.3, 0.4) is 0 Å². The van der Waals surface area contributed by atoms with E-state index in [4.69, 9.17) is 21.1 Å². The molecule has 0 aliphatic rings. The lowest BCUT2D eigenvalue weighted by atomic mass is 10.3. The van der Waals surface area contributed by atoms with Crippen molar-refractivity contribution < 1.29 is 27.4 Å². The van der Waals surface area contributed by atoms with Gasteiger partial charge in [-0.1, -0.05) is 11.6 Å². The predicted molar refractivity (Wildman–Crippen MR) is 80.6 cm³/mol. The number of nitrogens with one attached hydrogen (secondary N) is 1. The predicted octanol–water partition coefficient (Wildman–Crippen LogP) is 1.20. The number of methoxy groups -OCH3 is 2. The fourth-order valence-electron chi connectivity index (χ4n) is 1.58. The van der Waals surface area contributed by atoms with Crippen LogP contribution in [0.4, 0.5) is 0 Å². The number of sulfonamides is 1. The smallest absolute Gasteiger partial charge is 0.343 e. The molecule has 0 aliphatic heterocycles. The lowest BCUT2D eigenvalue weighted by molar-refractivity contribution is -0.142. The number of carbonyl (C=O) groups is 1. The number of hydrogen-bond donors (Lipinski definition) is 1. The molecule has 0 heterocycles. The Hall–Kier alpha value is -1.35. The zero-order chi connectivity index (χ0) is 16.8. The summed E-state index contributed by atoms with van der Waals surface area (Å²) in [5.41, 5.74) is 0. The second-order valence-corrected chi connectivity index (χ2v) is 6.56. The van der Waals surface area contributed by atoms with Gasteiger partial charge in [0.15, 0.2) is 6.61 Å². The van der Waals surface area contributed by atoms with Crippen LogP contribution in [0.1, 0.15) is 6.92 Å². The molecule has 0 aromatic heterocycles. The highest BCUT2D eigenvalue weighted by molar-refractivity contribution is 7.89. The lowest BCUT2D eigenvalue weighted by Crippen LogP contribution is -2.35. The van der Waals surface area contributed by atoms with Crippen LogP contribution >= 0.6 is 11.6 Å². The summed E-state index contributed by atoms with van der Waals surface area (Å²) in [6, 6.07) is 3.57. The molecule has 1 aromatic rings. The molecule has 124 valence electrons. The van der Waals surface area contributed by atoms with E-state index in [2.05, 4.69) is 9.46 Å². The first-order valence-corrected chi connectivity index (χ1v) is 8.16. The number of benzene rings is 1. The van der Waals surface area contributed by atoms with E-state index in [-0.39, 0.29) is 34.9 Å². The third-order valence-corrected chi connectivity index (χ3v) is 4.44. The van der Waals surface area contributed by atoms with E-state index in [1.165, 1.54) is 32.4 Å². The number of esters is 1. The highest BCUT2D eigenvalue weighted by Gasteiger charge is 2.19. The van der Waals surface area contributed by atoms with Crippen molar-refractivity contribution in [2.24, 2.45) is 0 Å². The number of carbonyl (C=O) groups excluding carboxylic acids is 1. The molecule has 1 atom stereocenters. The van der Waals surface area contributed by atoms with Gasteiger partial charge in [0, 0.05) is 13.2 Å². The van der Waals surface area contributed by atoms with Crippen molar-refractivity contribution in [3.05, 3.63) is 23.2 Å². The summed E-state index contributed by atoms with van der Waals surface area (Å²) in [7, 11) is -1.01. The summed E-state index contributed by atoms with van der Waals surface area (Å²) < 4.78 is 41.2. The first-order chi connectivity index (χ1) is 10.3. The maximum Gasteiger partial charge on any atom is 0.343 e. The van der Waals surface area contributed by atoms with Crippen molar-refractivity contribution in [1.29, 1.82) is 0 Å². The van der Waals surface area contributed by atoms with Gasteiger partial charge in [0.05, 0.1) is 23.6 Å². The van der Waals surface area contributed by atoms with Crippen LogP contribution in [0.25, 0.3) is 0 Å². The molecule has 1 N–H and O–H groups in total. The van der Waals surface area contributed by atoms with Gasteiger partial charge < -0.3 is 14.2 Å². The molecule has 0 saturated carbocycles. The number of rotatable bonds is 8. The van der Waals surface area contributed by atoms with E-state index in [0.29, 0.717) is 0 Å². The summed E-state index contributed by atoms with van der Waals surface area (Å²) in [5.74, 6) is -0.376. The monoisotopic (exact) mass is 351 g/mol. The lowest BCUT2D eigenvalue weighted by Gasteiger charge is -2.14. The SMILES string of the molecule is COC[C@@H](C)NS(=O)(=O)c1ccc(OCC(=O)OC)c(Cl)c1. The van der Waals surface area contributed by atoms with Gasteiger partial charge in [-0.15, -0.1) is 0 Å². The average Bonchev–Trinajstić information content (AvgIpc) is 2.45. The summed E-state index contributed by atoms with van der Waals surface area (Å²) in [6.07, 6.45) is 0. The van der Waals surface area contributed by atoms with Crippen LogP contribution in [-0.2, 0) is 24.3 Å². The van der Waals surface area contributed by atoms with E-state index in [1.807, 2.05) is 0 Å². The Kier molecular flexibility index (Phi) is 7.08. The van der Waals surface area contributed by atoms with Crippen LogP contribution in [-0.4, -0.2) is 47.9 Å². The normalized spacial score (nSPS) is 12.7. The van der Waals surface area contributed by atoms with Crippen LogP contribution in [0, 0.1) is 0 Å². The molecule has 0 fully saturated rings. The maximum atomic E-state index is 12.2. The topological polar surface area (TPSA) is 90.9 Å². The number of ether oxygens (including phenoxy) is 3. The van der Waals surface area contributed by atoms with E-state index in [1.54, 1.807) is 6.92 Å². The summed E-state index contributed by atoms with van der Waals surface area (Å²) in [6.45, 7) is 1.61. The van der Waals surface area contributed by atoms with Gasteiger partial charge >= 0.3 is 5.97 Å². The molecule has 0 aliphatic carbocycles. The molecule has 1 aromatic carbocycles. The van der Waals surface area contributed by atoms with Gasteiger partial charge in [0.25, 0.3) is 0 Å². The molecule has 7 nitrogen and oxygen atoms in total. The van der Waals surface area contributed by atoms with Crippen LogP contribution in [0.15, 0.2) is 23.1 Å². The molecule has 0 spiro atoms. The quantitative estimate of drug-likeness (QED) is 0.708. The van der Waals surface area contributed by atoms with Crippen molar-refractivity contribution in [1.82, 2.24) is 4.72 Å². The third kappa shape index (κ3) is 5.45. The number of hydrogen-bond acceptors (Lipinski definition) is 6. The van der Waals surface area contributed by atoms with E-state index in [0.717, 1.165) is 0 Å². The van der Waals surface area contributed by atoms with E-state index >= 15 is 0 Å². The molecule has 0 radical (unpaired) electrons. The summed E-state index contributed by atoms with van der Waals surface area (Å²) >= 11 is 5.97. The highest BCUT2D eigenvalue weighted by Crippen LogP contribution is 2.27. The zero-order valence-corrected chi connectivity index (χ0v) is 14.0. The molecule has 0 bridgehead atoms. The summed E-state index contributed by atoms with van der Waals surface area (Å²) in [4.78, 5) is 11.0. The van der Waals surface area contributed by atoms with Crippen molar-refractivity contribution in [2.45, 2.75) is 17.9 Å². The fraction of sp³-hybridized carbons (Fsp3) is 0.462.